The van der Waals surface area contributed by atoms with E-state index in [1.54, 1.807) is 14.2 Å². The molecule has 0 aliphatic heterocycles. The summed E-state index contributed by atoms with van der Waals surface area (Å²) in [7, 11) is 3.45. The lowest BCUT2D eigenvalue weighted by atomic mass is 10.2. The van der Waals surface area contributed by atoms with Crippen LogP contribution in [0.5, 0.6) is 0 Å². The monoisotopic (exact) mass is 168 g/mol. The Hall–Kier alpha value is -0.600. The van der Waals surface area contributed by atoms with Crippen LogP contribution in [0.2, 0.25) is 0 Å². The van der Waals surface area contributed by atoms with Gasteiger partial charge in [-0.15, -0.1) is 0 Å². The number of methoxy groups -OCH3 is 2. The van der Waals surface area contributed by atoms with E-state index in [9.17, 15) is 0 Å². The molecule has 0 atom stereocenters. The van der Waals surface area contributed by atoms with Crippen LogP contribution in [0.1, 0.15) is 12.8 Å². The number of ether oxygens (including phenoxy) is 2. The van der Waals surface area contributed by atoms with Crippen molar-refractivity contribution in [3.63, 3.8) is 0 Å². The first-order valence-corrected chi connectivity index (χ1v) is 4.23. The molecule has 0 aromatic rings. The number of hydrogen-bond acceptors (Lipinski definition) is 2. The van der Waals surface area contributed by atoms with Crippen molar-refractivity contribution in [1.82, 2.24) is 0 Å². The zero-order chi connectivity index (χ0) is 8.81. The van der Waals surface area contributed by atoms with Crippen LogP contribution in [0, 0.1) is 0 Å². The maximum atomic E-state index is 5.05. The summed E-state index contributed by atoms with van der Waals surface area (Å²) in [5, 5.41) is 0. The van der Waals surface area contributed by atoms with Crippen LogP contribution in [-0.2, 0) is 9.47 Å². The Bertz CT molecular complexity index is 192. The molecule has 0 saturated heterocycles. The second kappa shape index (κ2) is 5.12. The van der Waals surface area contributed by atoms with E-state index in [2.05, 4.69) is 12.2 Å². The van der Waals surface area contributed by atoms with E-state index in [1.807, 2.05) is 0 Å². The smallest absolute Gasteiger partial charge is 0.0676 e. The average molecular weight is 168 g/mol. The lowest BCUT2D eigenvalue weighted by Gasteiger charge is -1.95. The van der Waals surface area contributed by atoms with Crippen LogP contribution in [0.25, 0.3) is 0 Å². The Kier molecular flexibility index (Phi) is 4.05. The van der Waals surface area contributed by atoms with Crippen molar-refractivity contribution in [2.24, 2.45) is 0 Å². The maximum Gasteiger partial charge on any atom is 0.0676 e. The molecule has 0 bridgehead atoms. The van der Waals surface area contributed by atoms with Crippen molar-refractivity contribution in [1.29, 1.82) is 0 Å². The topological polar surface area (TPSA) is 18.5 Å². The van der Waals surface area contributed by atoms with Crippen LogP contribution in [0.3, 0.4) is 0 Å². The average Bonchev–Trinajstić information content (AvgIpc) is 2.50. The van der Waals surface area contributed by atoms with Gasteiger partial charge in [-0.2, -0.15) is 0 Å². The highest BCUT2D eigenvalue weighted by Gasteiger charge is 2.07. The molecular formula is C10H16O2. The third-order valence-corrected chi connectivity index (χ3v) is 1.97. The highest BCUT2D eigenvalue weighted by atomic mass is 16.5. The molecular weight excluding hydrogens is 152 g/mol. The highest BCUT2D eigenvalue weighted by molar-refractivity contribution is 5.30. The van der Waals surface area contributed by atoms with Gasteiger partial charge >= 0.3 is 0 Å². The van der Waals surface area contributed by atoms with Gasteiger partial charge in [-0.05, 0) is 24.0 Å². The second-order valence-electron chi connectivity index (χ2n) is 2.97. The SMILES string of the molecule is COC/C=C1\C=C(COC)CC1. The van der Waals surface area contributed by atoms with Gasteiger partial charge in [0.25, 0.3) is 0 Å². The normalized spacial score (nSPS) is 20.2. The van der Waals surface area contributed by atoms with Gasteiger partial charge in [-0.1, -0.05) is 12.2 Å². The molecule has 2 heteroatoms. The zero-order valence-electron chi connectivity index (χ0n) is 7.80. The van der Waals surface area contributed by atoms with Gasteiger partial charge in [0.15, 0.2) is 0 Å². The second-order valence-corrected chi connectivity index (χ2v) is 2.97. The van der Waals surface area contributed by atoms with Crippen LogP contribution in [0.4, 0.5) is 0 Å². The summed E-state index contributed by atoms with van der Waals surface area (Å²) < 4.78 is 10.0. The van der Waals surface area contributed by atoms with Crippen molar-refractivity contribution in [3.8, 4) is 0 Å². The van der Waals surface area contributed by atoms with Gasteiger partial charge in [0.2, 0.25) is 0 Å². The summed E-state index contributed by atoms with van der Waals surface area (Å²) in [5.74, 6) is 0. The van der Waals surface area contributed by atoms with E-state index in [0.29, 0.717) is 6.61 Å². The molecule has 0 amide bonds. The van der Waals surface area contributed by atoms with Crippen LogP contribution in [0.15, 0.2) is 23.3 Å². The van der Waals surface area contributed by atoms with Gasteiger partial charge < -0.3 is 9.47 Å². The Labute approximate surface area is 73.9 Å². The van der Waals surface area contributed by atoms with E-state index in [4.69, 9.17) is 9.47 Å². The molecule has 2 nitrogen and oxygen atoms in total. The molecule has 68 valence electrons. The largest absolute Gasteiger partial charge is 0.381 e. The Balaban J connectivity index is 2.40. The molecule has 0 fully saturated rings. The van der Waals surface area contributed by atoms with Crippen LogP contribution in [-0.4, -0.2) is 27.4 Å². The number of hydrogen-bond donors (Lipinski definition) is 0. The summed E-state index contributed by atoms with van der Waals surface area (Å²) in [6.45, 7) is 1.48. The van der Waals surface area contributed by atoms with Crippen LogP contribution < -0.4 is 0 Å². The fourth-order valence-corrected chi connectivity index (χ4v) is 1.36. The zero-order valence-corrected chi connectivity index (χ0v) is 7.80. The first-order chi connectivity index (χ1) is 5.86. The van der Waals surface area contributed by atoms with E-state index >= 15 is 0 Å². The lowest BCUT2D eigenvalue weighted by molar-refractivity contribution is 0.224. The minimum absolute atomic E-state index is 0.714. The summed E-state index contributed by atoms with van der Waals surface area (Å²) in [6.07, 6.45) is 6.62. The quantitative estimate of drug-likeness (QED) is 0.638. The van der Waals surface area contributed by atoms with Gasteiger partial charge in [0.1, 0.15) is 0 Å². The Morgan fingerprint density at radius 3 is 2.83 bits per heavy atom. The van der Waals surface area contributed by atoms with E-state index < -0.39 is 0 Å². The van der Waals surface area contributed by atoms with Gasteiger partial charge in [0, 0.05) is 14.2 Å². The fraction of sp³-hybridized carbons (Fsp3) is 0.600. The summed E-state index contributed by atoms with van der Waals surface area (Å²) >= 11 is 0. The summed E-state index contributed by atoms with van der Waals surface area (Å²) in [6, 6.07) is 0. The first-order valence-electron chi connectivity index (χ1n) is 4.23. The van der Waals surface area contributed by atoms with Crippen molar-refractivity contribution < 1.29 is 9.47 Å². The van der Waals surface area contributed by atoms with Crippen molar-refractivity contribution >= 4 is 0 Å². The number of rotatable bonds is 4. The van der Waals surface area contributed by atoms with Crippen molar-refractivity contribution in [2.75, 3.05) is 27.4 Å². The highest BCUT2D eigenvalue weighted by Crippen LogP contribution is 2.22. The molecule has 0 aromatic heterocycles. The van der Waals surface area contributed by atoms with Crippen LogP contribution >= 0.6 is 0 Å². The van der Waals surface area contributed by atoms with Gasteiger partial charge in [-0.3, -0.25) is 0 Å². The molecule has 0 saturated carbocycles. The minimum Gasteiger partial charge on any atom is -0.381 e. The molecule has 1 rings (SSSR count). The fourth-order valence-electron chi connectivity index (χ4n) is 1.36. The van der Waals surface area contributed by atoms with Gasteiger partial charge in [-0.25, -0.2) is 0 Å². The lowest BCUT2D eigenvalue weighted by Crippen LogP contribution is -1.89. The minimum atomic E-state index is 0.714. The van der Waals surface area contributed by atoms with E-state index in [0.717, 1.165) is 19.4 Å². The standard InChI is InChI=1S/C10H16O2/c1-11-6-5-9-3-4-10(7-9)8-12-2/h5,7H,3-4,6,8H2,1-2H3/b9-5-. The van der Waals surface area contributed by atoms with Gasteiger partial charge in [0.05, 0.1) is 13.2 Å². The number of allylic oxidation sites excluding steroid dienone is 2. The summed E-state index contributed by atoms with van der Waals surface area (Å²) in [4.78, 5) is 0. The molecule has 1 aliphatic carbocycles. The predicted molar refractivity (Wildman–Crippen MR) is 49.2 cm³/mol. The predicted octanol–water partition coefficient (Wildman–Crippen LogP) is 1.93. The Morgan fingerprint density at radius 1 is 1.33 bits per heavy atom. The molecule has 0 unspecified atom stereocenters. The Morgan fingerprint density at radius 2 is 2.17 bits per heavy atom. The molecule has 0 spiro atoms. The van der Waals surface area contributed by atoms with Crippen molar-refractivity contribution in [3.05, 3.63) is 23.3 Å². The molecule has 0 aromatic carbocycles. The third-order valence-electron chi connectivity index (χ3n) is 1.97. The maximum absolute atomic E-state index is 5.05. The molecule has 1 aliphatic rings. The third kappa shape index (κ3) is 2.80. The van der Waals surface area contributed by atoms with E-state index in [1.165, 1.54) is 11.1 Å². The molecule has 0 radical (unpaired) electrons. The molecule has 0 N–H and O–H groups in total. The molecule has 12 heavy (non-hydrogen) atoms. The molecule has 0 heterocycles. The van der Waals surface area contributed by atoms with E-state index in [-0.39, 0.29) is 0 Å². The first kappa shape index (κ1) is 9.49. The summed E-state index contributed by atoms with van der Waals surface area (Å²) in [5.41, 5.74) is 2.77. The van der Waals surface area contributed by atoms with Crippen molar-refractivity contribution in [2.45, 2.75) is 12.8 Å².